The van der Waals surface area contributed by atoms with Crippen LogP contribution >= 0.6 is 0 Å². The number of anilines is 1. The van der Waals surface area contributed by atoms with Crippen LogP contribution in [0, 0.1) is 18.3 Å². The Labute approximate surface area is 113 Å². The number of rotatable bonds is 7. The maximum absolute atomic E-state index is 11.6. The monoisotopic (exact) mass is 261 g/mol. The highest BCUT2D eigenvalue weighted by Gasteiger charge is 2.03. The summed E-state index contributed by atoms with van der Waals surface area (Å²) in [5, 5.41) is 14.7. The van der Waals surface area contributed by atoms with Crippen LogP contribution in [-0.4, -0.2) is 32.7 Å². The summed E-state index contributed by atoms with van der Waals surface area (Å²) >= 11 is 0. The van der Waals surface area contributed by atoms with E-state index in [1.807, 2.05) is 13.0 Å². The van der Waals surface area contributed by atoms with E-state index in [1.54, 1.807) is 19.2 Å². The number of nitrogens with zero attached hydrogens (tertiary/aromatic N) is 1. The molecule has 1 rings (SSSR count). The number of hydrogen-bond acceptors (Lipinski definition) is 4. The van der Waals surface area contributed by atoms with Crippen molar-refractivity contribution >= 4 is 11.6 Å². The Balaban J connectivity index is 2.40. The summed E-state index contributed by atoms with van der Waals surface area (Å²) < 4.78 is 4.90. The van der Waals surface area contributed by atoms with Crippen LogP contribution in [0.5, 0.6) is 0 Å². The van der Waals surface area contributed by atoms with E-state index >= 15 is 0 Å². The van der Waals surface area contributed by atoms with Crippen LogP contribution in [0.4, 0.5) is 5.69 Å². The van der Waals surface area contributed by atoms with Crippen LogP contribution in [0.3, 0.4) is 0 Å². The molecule has 0 saturated heterocycles. The Hall–Kier alpha value is -2.06. The Morgan fingerprint density at radius 1 is 1.47 bits per heavy atom. The first-order valence-corrected chi connectivity index (χ1v) is 6.17. The summed E-state index contributed by atoms with van der Waals surface area (Å²) in [6.45, 7) is 3.37. The van der Waals surface area contributed by atoms with Crippen molar-refractivity contribution in [1.29, 1.82) is 5.26 Å². The van der Waals surface area contributed by atoms with Gasteiger partial charge in [-0.2, -0.15) is 5.26 Å². The molecule has 0 aliphatic carbocycles. The van der Waals surface area contributed by atoms with E-state index in [4.69, 9.17) is 10.00 Å². The minimum atomic E-state index is -0.0714. The molecule has 102 valence electrons. The number of carbonyl (C=O) groups is 1. The van der Waals surface area contributed by atoms with Gasteiger partial charge in [0.2, 0.25) is 5.91 Å². The molecule has 0 aromatic heterocycles. The molecule has 2 N–H and O–H groups in total. The molecular weight excluding hydrogens is 242 g/mol. The highest BCUT2D eigenvalue weighted by atomic mass is 16.5. The molecule has 0 bridgehead atoms. The molecule has 0 saturated carbocycles. The lowest BCUT2D eigenvalue weighted by atomic mass is 10.1. The van der Waals surface area contributed by atoms with E-state index in [0.717, 1.165) is 17.7 Å². The lowest BCUT2D eigenvalue weighted by Gasteiger charge is -2.10. The first-order chi connectivity index (χ1) is 9.17. The van der Waals surface area contributed by atoms with Gasteiger partial charge in [-0.05, 0) is 31.0 Å². The van der Waals surface area contributed by atoms with Crippen molar-refractivity contribution < 1.29 is 9.53 Å². The summed E-state index contributed by atoms with van der Waals surface area (Å²) in [4.78, 5) is 11.6. The van der Waals surface area contributed by atoms with Crippen LogP contribution < -0.4 is 10.6 Å². The van der Waals surface area contributed by atoms with E-state index in [0.29, 0.717) is 18.7 Å². The summed E-state index contributed by atoms with van der Waals surface area (Å²) in [5.41, 5.74) is 2.39. The van der Waals surface area contributed by atoms with Crippen molar-refractivity contribution in [3.8, 4) is 6.07 Å². The van der Waals surface area contributed by atoms with E-state index in [2.05, 4.69) is 16.7 Å². The number of aryl methyl sites for hydroxylation is 1. The average Bonchev–Trinajstić information content (AvgIpc) is 2.43. The quantitative estimate of drug-likeness (QED) is 0.728. The maximum Gasteiger partial charge on any atom is 0.239 e. The number of methoxy groups -OCH3 is 1. The topological polar surface area (TPSA) is 74.2 Å². The molecule has 1 amide bonds. The van der Waals surface area contributed by atoms with E-state index in [-0.39, 0.29) is 12.5 Å². The van der Waals surface area contributed by atoms with Gasteiger partial charge in [0.15, 0.2) is 0 Å². The van der Waals surface area contributed by atoms with Crippen molar-refractivity contribution in [2.45, 2.75) is 13.3 Å². The fourth-order valence-corrected chi connectivity index (χ4v) is 1.56. The fraction of sp³-hybridized carbons (Fsp3) is 0.429. The van der Waals surface area contributed by atoms with Crippen molar-refractivity contribution in [3.63, 3.8) is 0 Å². The molecule has 0 atom stereocenters. The molecule has 0 spiro atoms. The number of hydrogen-bond donors (Lipinski definition) is 2. The van der Waals surface area contributed by atoms with Crippen molar-refractivity contribution in [3.05, 3.63) is 29.3 Å². The molecule has 0 heterocycles. The molecule has 0 fully saturated rings. The lowest BCUT2D eigenvalue weighted by Crippen LogP contribution is -2.31. The molecule has 1 aromatic rings. The normalized spacial score (nSPS) is 9.74. The van der Waals surface area contributed by atoms with Crippen LogP contribution in [0.2, 0.25) is 0 Å². The highest BCUT2D eigenvalue weighted by Crippen LogP contribution is 2.15. The SMILES string of the molecule is COCCCNC(=O)CNc1cc(C#N)ccc1C. The maximum atomic E-state index is 11.6. The molecule has 0 aliphatic heterocycles. The van der Waals surface area contributed by atoms with Gasteiger partial charge in [0, 0.05) is 25.9 Å². The Morgan fingerprint density at radius 2 is 2.26 bits per heavy atom. The molecule has 5 nitrogen and oxygen atoms in total. The second-order valence-electron chi connectivity index (χ2n) is 4.19. The van der Waals surface area contributed by atoms with Gasteiger partial charge in [-0.25, -0.2) is 0 Å². The van der Waals surface area contributed by atoms with Gasteiger partial charge in [-0.1, -0.05) is 6.07 Å². The molecule has 5 heteroatoms. The Bertz CT molecular complexity index is 466. The molecule has 1 aromatic carbocycles. The summed E-state index contributed by atoms with van der Waals surface area (Å²) in [5.74, 6) is -0.0714. The lowest BCUT2D eigenvalue weighted by molar-refractivity contribution is -0.119. The van der Waals surface area contributed by atoms with E-state index < -0.39 is 0 Å². The van der Waals surface area contributed by atoms with Gasteiger partial charge in [0.1, 0.15) is 0 Å². The van der Waals surface area contributed by atoms with E-state index in [9.17, 15) is 4.79 Å². The van der Waals surface area contributed by atoms with Gasteiger partial charge >= 0.3 is 0 Å². The number of carbonyl (C=O) groups excluding carboxylic acids is 1. The zero-order valence-electron chi connectivity index (χ0n) is 11.3. The van der Waals surface area contributed by atoms with E-state index in [1.165, 1.54) is 0 Å². The van der Waals surface area contributed by atoms with Gasteiger partial charge in [-0.15, -0.1) is 0 Å². The van der Waals surface area contributed by atoms with Crippen LogP contribution in [-0.2, 0) is 9.53 Å². The fourth-order valence-electron chi connectivity index (χ4n) is 1.56. The number of nitrogens with one attached hydrogen (secondary N) is 2. The minimum absolute atomic E-state index is 0.0714. The first kappa shape index (κ1) is 15.0. The number of benzene rings is 1. The smallest absolute Gasteiger partial charge is 0.239 e. The predicted molar refractivity (Wildman–Crippen MR) is 73.9 cm³/mol. The third-order valence-corrected chi connectivity index (χ3v) is 2.65. The second-order valence-corrected chi connectivity index (χ2v) is 4.19. The molecule has 0 unspecified atom stereocenters. The van der Waals surface area contributed by atoms with Crippen molar-refractivity contribution in [2.75, 3.05) is 32.1 Å². The third kappa shape index (κ3) is 5.40. The number of ether oxygens (including phenoxy) is 1. The minimum Gasteiger partial charge on any atom is -0.385 e. The second kappa shape index (κ2) is 8.11. The van der Waals surface area contributed by atoms with Crippen LogP contribution in [0.25, 0.3) is 0 Å². The zero-order chi connectivity index (χ0) is 14.1. The summed E-state index contributed by atoms with van der Waals surface area (Å²) in [7, 11) is 1.63. The third-order valence-electron chi connectivity index (χ3n) is 2.65. The van der Waals surface area contributed by atoms with Crippen LogP contribution in [0.1, 0.15) is 17.5 Å². The summed E-state index contributed by atoms with van der Waals surface area (Å²) in [6.07, 6.45) is 0.797. The Kier molecular flexibility index (Phi) is 6.41. The molecule has 0 radical (unpaired) electrons. The number of nitriles is 1. The molecular formula is C14H19N3O2. The van der Waals surface area contributed by atoms with Crippen molar-refractivity contribution in [2.24, 2.45) is 0 Å². The van der Waals surface area contributed by atoms with Crippen molar-refractivity contribution in [1.82, 2.24) is 5.32 Å². The standard InChI is InChI=1S/C14H19N3O2/c1-11-4-5-12(9-15)8-13(11)17-10-14(18)16-6-3-7-19-2/h4-5,8,17H,3,6-7,10H2,1-2H3,(H,16,18). The van der Waals surface area contributed by atoms with Gasteiger partial charge in [0.25, 0.3) is 0 Å². The predicted octanol–water partition coefficient (Wildman–Crippen LogP) is 1.43. The zero-order valence-corrected chi connectivity index (χ0v) is 11.3. The summed E-state index contributed by atoms with van der Waals surface area (Å²) in [6, 6.07) is 7.43. The molecule has 19 heavy (non-hydrogen) atoms. The largest absolute Gasteiger partial charge is 0.385 e. The van der Waals surface area contributed by atoms with Gasteiger partial charge in [0.05, 0.1) is 18.2 Å². The first-order valence-electron chi connectivity index (χ1n) is 6.17. The molecule has 0 aliphatic rings. The Morgan fingerprint density at radius 3 is 2.95 bits per heavy atom. The number of amides is 1. The average molecular weight is 261 g/mol. The highest BCUT2D eigenvalue weighted by molar-refractivity contribution is 5.81. The van der Waals surface area contributed by atoms with Crippen LogP contribution in [0.15, 0.2) is 18.2 Å². The van der Waals surface area contributed by atoms with Gasteiger partial charge < -0.3 is 15.4 Å². The van der Waals surface area contributed by atoms with Gasteiger partial charge in [-0.3, -0.25) is 4.79 Å².